The van der Waals surface area contributed by atoms with Crippen LogP contribution in [0.1, 0.15) is 20.9 Å². The number of hydrogen-bond donors (Lipinski definition) is 3. The number of benzene rings is 1. The van der Waals surface area contributed by atoms with Crippen LogP contribution in [0.2, 0.25) is 0 Å². The first-order chi connectivity index (χ1) is 10.8. The maximum Gasteiger partial charge on any atom is 0.287 e. The molecule has 1 aromatic carbocycles. The first kappa shape index (κ1) is 13.9. The number of hydrogen-bond acceptors (Lipinski definition) is 3. The Morgan fingerprint density at radius 3 is 2.55 bits per heavy atom. The molecular weight excluding hydrogens is 282 g/mol. The molecule has 3 rings (SSSR count). The zero-order chi connectivity index (χ0) is 15.4. The molecule has 3 N–H and O–H groups in total. The van der Waals surface area contributed by atoms with Gasteiger partial charge in [-0.2, -0.15) is 0 Å². The van der Waals surface area contributed by atoms with Crippen LogP contribution in [0.4, 0.5) is 0 Å². The number of rotatable bonds is 5. The van der Waals surface area contributed by atoms with Crippen molar-refractivity contribution in [2.24, 2.45) is 0 Å². The molecule has 0 spiro atoms. The van der Waals surface area contributed by atoms with Crippen LogP contribution in [0.3, 0.4) is 0 Å². The van der Waals surface area contributed by atoms with Crippen molar-refractivity contribution >= 4 is 22.7 Å². The predicted octanol–water partition coefficient (Wildman–Crippen LogP) is 1.92. The lowest BCUT2D eigenvalue weighted by atomic mass is 10.1. The second-order valence-corrected chi connectivity index (χ2v) is 4.74. The number of aromatic nitrogens is 1. The summed E-state index contributed by atoms with van der Waals surface area (Å²) >= 11 is 0. The summed E-state index contributed by atoms with van der Waals surface area (Å²) in [5.41, 5.74) is 1.51. The van der Waals surface area contributed by atoms with Gasteiger partial charge in [0, 0.05) is 30.2 Å². The summed E-state index contributed by atoms with van der Waals surface area (Å²) in [6.45, 7) is 0.665. The van der Waals surface area contributed by atoms with Crippen LogP contribution in [0, 0.1) is 0 Å². The molecule has 22 heavy (non-hydrogen) atoms. The highest BCUT2D eigenvalue weighted by molar-refractivity contribution is 6.06. The van der Waals surface area contributed by atoms with E-state index in [1.54, 1.807) is 18.3 Å². The highest BCUT2D eigenvalue weighted by atomic mass is 16.3. The molecule has 0 aliphatic heterocycles. The van der Waals surface area contributed by atoms with Gasteiger partial charge in [-0.1, -0.05) is 18.2 Å². The van der Waals surface area contributed by atoms with E-state index in [1.807, 2.05) is 24.3 Å². The number of furan rings is 1. The summed E-state index contributed by atoms with van der Waals surface area (Å²) in [5.74, 6) is -0.223. The zero-order valence-electron chi connectivity index (χ0n) is 11.8. The van der Waals surface area contributed by atoms with Crippen LogP contribution in [-0.4, -0.2) is 29.9 Å². The lowest BCUT2D eigenvalue weighted by Gasteiger charge is -2.05. The van der Waals surface area contributed by atoms with Crippen LogP contribution < -0.4 is 10.6 Å². The molecule has 0 aliphatic carbocycles. The molecule has 0 radical (unpaired) electrons. The molecule has 0 atom stereocenters. The van der Waals surface area contributed by atoms with E-state index in [-0.39, 0.29) is 17.6 Å². The maximum atomic E-state index is 12.1. The van der Waals surface area contributed by atoms with Gasteiger partial charge in [-0.15, -0.1) is 0 Å². The molecule has 3 aromatic rings. The molecule has 112 valence electrons. The molecule has 0 unspecified atom stereocenters. The number of fused-ring (bicyclic) bond motifs is 1. The summed E-state index contributed by atoms with van der Waals surface area (Å²) in [5, 5.41) is 6.32. The lowest BCUT2D eigenvalue weighted by Crippen LogP contribution is -2.34. The molecule has 0 saturated heterocycles. The highest BCUT2D eigenvalue weighted by Gasteiger charge is 2.11. The van der Waals surface area contributed by atoms with E-state index in [9.17, 15) is 9.59 Å². The minimum Gasteiger partial charge on any atom is -0.459 e. The average Bonchev–Trinajstić information content (AvgIpc) is 3.20. The third-order valence-corrected chi connectivity index (χ3v) is 3.27. The van der Waals surface area contributed by atoms with Gasteiger partial charge in [-0.25, -0.2) is 0 Å². The maximum absolute atomic E-state index is 12.1. The Balaban J connectivity index is 1.51. The van der Waals surface area contributed by atoms with E-state index in [2.05, 4.69) is 15.6 Å². The van der Waals surface area contributed by atoms with Crippen molar-refractivity contribution in [1.82, 2.24) is 15.6 Å². The molecule has 6 nitrogen and oxygen atoms in total. The van der Waals surface area contributed by atoms with Crippen molar-refractivity contribution in [1.29, 1.82) is 0 Å². The number of amides is 2. The Morgan fingerprint density at radius 1 is 1.00 bits per heavy atom. The fourth-order valence-corrected chi connectivity index (χ4v) is 2.20. The van der Waals surface area contributed by atoms with Crippen molar-refractivity contribution in [3.8, 4) is 0 Å². The van der Waals surface area contributed by atoms with Crippen LogP contribution in [0.25, 0.3) is 10.9 Å². The first-order valence-electron chi connectivity index (χ1n) is 6.92. The quantitative estimate of drug-likeness (QED) is 0.629. The van der Waals surface area contributed by atoms with Gasteiger partial charge in [-0.3, -0.25) is 9.59 Å². The normalized spacial score (nSPS) is 10.5. The van der Waals surface area contributed by atoms with Gasteiger partial charge >= 0.3 is 0 Å². The predicted molar refractivity (Wildman–Crippen MR) is 81.7 cm³/mol. The Morgan fingerprint density at radius 2 is 1.77 bits per heavy atom. The Kier molecular flexibility index (Phi) is 3.91. The molecule has 0 bridgehead atoms. The Labute approximate surface area is 126 Å². The molecule has 0 saturated carbocycles. The number of aromatic amines is 1. The van der Waals surface area contributed by atoms with E-state index in [0.29, 0.717) is 18.7 Å². The van der Waals surface area contributed by atoms with E-state index in [0.717, 1.165) is 10.9 Å². The third-order valence-electron chi connectivity index (χ3n) is 3.27. The summed E-state index contributed by atoms with van der Waals surface area (Å²) in [4.78, 5) is 26.8. The van der Waals surface area contributed by atoms with Gasteiger partial charge in [0.05, 0.1) is 11.8 Å². The van der Waals surface area contributed by atoms with Crippen molar-refractivity contribution in [2.45, 2.75) is 0 Å². The monoisotopic (exact) mass is 297 g/mol. The van der Waals surface area contributed by atoms with E-state index < -0.39 is 0 Å². The smallest absolute Gasteiger partial charge is 0.287 e. The molecule has 2 amide bonds. The molecule has 2 aromatic heterocycles. The minimum atomic E-state index is -0.300. The number of H-pyrrole nitrogens is 1. The molecule has 6 heteroatoms. The van der Waals surface area contributed by atoms with Crippen molar-refractivity contribution in [3.05, 3.63) is 60.2 Å². The van der Waals surface area contributed by atoms with Gasteiger partial charge in [0.15, 0.2) is 5.76 Å². The summed E-state index contributed by atoms with van der Waals surface area (Å²) in [6, 6.07) is 10.8. The number of carbonyl (C=O) groups is 2. The highest BCUT2D eigenvalue weighted by Crippen LogP contribution is 2.17. The lowest BCUT2D eigenvalue weighted by molar-refractivity contribution is 0.0911. The van der Waals surface area contributed by atoms with Crippen LogP contribution >= 0.6 is 0 Å². The number of nitrogens with one attached hydrogen (secondary N) is 3. The second kappa shape index (κ2) is 6.17. The standard InChI is InChI=1S/C16H15N3O3/c20-15(12-10-19-13-5-2-1-4-11(12)13)17-7-8-18-16(21)14-6-3-9-22-14/h1-6,9-10,19H,7-8H2,(H,17,20)(H,18,21). The van der Waals surface area contributed by atoms with Gasteiger partial charge in [0.1, 0.15) is 0 Å². The van der Waals surface area contributed by atoms with Gasteiger partial charge in [0.25, 0.3) is 11.8 Å². The Bertz CT molecular complexity index is 790. The largest absolute Gasteiger partial charge is 0.459 e. The summed E-state index contributed by atoms with van der Waals surface area (Å²) in [7, 11) is 0. The fourth-order valence-electron chi connectivity index (χ4n) is 2.20. The topological polar surface area (TPSA) is 87.1 Å². The van der Waals surface area contributed by atoms with E-state index in [1.165, 1.54) is 6.26 Å². The summed E-state index contributed by atoms with van der Waals surface area (Å²) in [6.07, 6.45) is 3.12. The molecule has 0 fully saturated rings. The van der Waals surface area contributed by atoms with Gasteiger partial charge < -0.3 is 20.0 Å². The van der Waals surface area contributed by atoms with Crippen LogP contribution in [-0.2, 0) is 0 Å². The fraction of sp³-hybridized carbons (Fsp3) is 0.125. The molecule has 2 heterocycles. The number of carbonyl (C=O) groups excluding carboxylic acids is 2. The van der Waals surface area contributed by atoms with Crippen LogP contribution in [0.15, 0.2) is 53.3 Å². The van der Waals surface area contributed by atoms with Gasteiger partial charge in [0.2, 0.25) is 0 Å². The SMILES string of the molecule is O=C(NCCNC(=O)c1c[nH]c2ccccc12)c1ccco1. The second-order valence-electron chi connectivity index (χ2n) is 4.74. The van der Waals surface area contributed by atoms with E-state index in [4.69, 9.17) is 4.42 Å². The van der Waals surface area contributed by atoms with Crippen molar-refractivity contribution in [3.63, 3.8) is 0 Å². The van der Waals surface area contributed by atoms with Crippen molar-refractivity contribution in [2.75, 3.05) is 13.1 Å². The van der Waals surface area contributed by atoms with Crippen LogP contribution in [0.5, 0.6) is 0 Å². The Hall–Kier alpha value is -3.02. The van der Waals surface area contributed by atoms with Gasteiger partial charge in [-0.05, 0) is 18.2 Å². The third kappa shape index (κ3) is 2.85. The van der Waals surface area contributed by atoms with E-state index >= 15 is 0 Å². The molecular formula is C16H15N3O3. The zero-order valence-corrected chi connectivity index (χ0v) is 11.8. The first-order valence-corrected chi connectivity index (χ1v) is 6.92. The average molecular weight is 297 g/mol. The molecule has 0 aliphatic rings. The number of para-hydroxylation sites is 1. The van der Waals surface area contributed by atoms with Crippen molar-refractivity contribution < 1.29 is 14.0 Å². The summed E-state index contributed by atoms with van der Waals surface area (Å²) < 4.78 is 4.98. The minimum absolute atomic E-state index is 0.176.